The zero-order valence-corrected chi connectivity index (χ0v) is 10.2. The minimum atomic E-state index is -0.0260. The minimum Gasteiger partial charge on any atom is -0.359 e. The fraction of sp³-hybridized carbons (Fsp3) is 0.556. The van der Waals surface area contributed by atoms with Crippen LogP contribution in [0.25, 0.3) is 0 Å². The third-order valence-electron chi connectivity index (χ3n) is 1.84. The van der Waals surface area contributed by atoms with E-state index in [1.54, 1.807) is 30.6 Å². The van der Waals surface area contributed by atoms with Crippen molar-refractivity contribution in [3.05, 3.63) is 10.3 Å². The van der Waals surface area contributed by atoms with Gasteiger partial charge in [-0.2, -0.15) is 0 Å². The van der Waals surface area contributed by atoms with E-state index >= 15 is 0 Å². The fourth-order valence-electron chi connectivity index (χ4n) is 1.02. The second kappa shape index (κ2) is 6.79. The molecule has 0 radical (unpaired) electrons. The molecule has 15 heavy (non-hydrogen) atoms. The second-order valence-corrected chi connectivity index (χ2v) is 5.18. The summed E-state index contributed by atoms with van der Waals surface area (Å²) in [5.41, 5.74) is 0. The maximum atomic E-state index is 11.4. The summed E-state index contributed by atoms with van der Waals surface area (Å²) < 4.78 is 0. The first-order valence-corrected chi connectivity index (χ1v) is 6.71. The average Bonchev–Trinajstić information content (AvgIpc) is 2.77. The summed E-state index contributed by atoms with van der Waals surface area (Å²) in [5.74, 6) is -0.0174. The van der Waals surface area contributed by atoms with Crippen LogP contribution in [0.1, 0.15) is 12.8 Å². The Morgan fingerprint density at radius 3 is 2.93 bits per heavy atom. The highest BCUT2D eigenvalue weighted by atomic mass is 32.2. The Morgan fingerprint density at radius 1 is 1.53 bits per heavy atom. The molecule has 0 aromatic rings. The number of hydrogen-bond acceptors (Lipinski definition) is 4. The summed E-state index contributed by atoms with van der Waals surface area (Å²) in [6, 6.07) is 0. The lowest BCUT2D eigenvalue weighted by atomic mass is 10.3. The molecule has 4 nitrogen and oxygen atoms in total. The average molecular weight is 246 g/mol. The fourth-order valence-corrected chi connectivity index (χ4v) is 3.01. The predicted octanol–water partition coefficient (Wildman–Crippen LogP) is 0.908. The molecule has 2 N–H and O–H groups in total. The molecular weight excluding hydrogens is 232 g/mol. The Labute approximate surface area is 97.6 Å². The molecule has 6 heteroatoms. The largest absolute Gasteiger partial charge is 0.359 e. The van der Waals surface area contributed by atoms with Crippen molar-refractivity contribution in [2.75, 3.05) is 18.7 Å². The van der Waals surface area contributed by atoms with Crippen LogP contribution in [0.4, 0.5) is 0 Å². The van der Waals surface area contributed by atoms with Crippen LogP contribution < -0.4 is 10.6 Å². The number of carbonyl (C=O) groups is 2. The van der Waals surface area contributed by atoms with Gasteiger partial charge in [0.2, 0.25) is 5.91 Å². The van der Waals surface area contributed by atoms with Crippen molar-refractivity contribution < 1.29 is 9.59 Å². The van der Waals surface area contributed by atoms with Gasteiger partial charge in [0.15, 0.2) is 0 Å². The van der Waals surface area contributed by atoms with Gasteiger partial charge in [-0.15, -0.1) is 23.5 Å². The molecule has 0 atom stereocenters. The minimum absolute atomic E-state index is 0.00858. The topological polar surface area (TPSA) is 58.2 Å². The summed E-state index contributed by atoms with van der Waals surface area (Å²) in [6.45, 7) is 0.550. The summed E-state index contributed by atoms with van der Waals surface area (Å²) in [5, 5.41) is 8.11. The monoisotopic (exact) mass is 246 g/mol. The number of hydrogen-bond donors (Lipinski definition) is 2. The molecule has 0 bridgehead atoms. The van der Waals surface area contributed by atoms with E-state index in [0.29, 0.717) is 19.4 Å². The molecule has 1 heterocycles. The first-order valence-electron chi connectivity index (χ1n) is 4.67. The molecule has 0 fully saturated rings. The van der Waals surface area contributed by atoms with Crippen molar-refractivity contribution in [2.24, 2.45) is 0 Å². The molecule has 84 valence electrons. The van der Waals surface area contributed by atoms with E-state index in [1.165, 1.54) is 0 Å². The lowest BCUT2D eigenvalue weighted by Gasteiger charge is -2.04. The van der Waals surface area contributed by atoms with Gasteiger partial charge in [0.05, 0.1) is 4.91 Å². The van der Waals surface area contributed by atoms with E-state index in [4.69, 9.17) is 0 Å². The van der Waals surface area contributed by atoms with E-state index < -0.39 is 0 Å². The summed E-state index contributed by atoms with van der Waals surface area (Å²) in [7, 11) is 1.61. The van der Waals surface area contributed by atoms with Gasteiger partial charge in [-0.05, 0) is 11.8 Å². The Hall–Kier alpha value is -0.620. The van der Waals surface area contributed by atoms with Gasteiger partial charge in [-0.1, -0.05) is 0 Å². The van der Waals surface area contributed by atoms with Gasteiger partial charge < -0.3 is 10.6 Å². The summed E-state index contributed by atoms with van der Waals surface area (Å²) in [6.07, 6.45) is 1.13. The van der Waals surface area contributed by atoms with Gasteiger partial charge in [0, 0.05) is 25.1 Å². The third kappa shape index (κ3) is 4.61. The van der Waals surface area contributed by atoms with E-state index in [1.807, 2.05) is 5.41 Å². The zero-order valence-electron chi connectivity index (χ0n) is 8.54. The quantitative estimate of drug-likeness (QED) is 0.708. The van der Waals surface area contributed by atoms with E-state index in [2.05, 4.69) is 10.6 Å². The first kappa shape index (κ1) is 12.4. The van der Waals surface area contributed by atoms with Crippen LogP contribution in [0.2, 0.25) is 0 Å². The predicted molar refractivity (Wildman–Crippen MR) is 64.4 cm³/mol. The number of rotatable bonds is 5. The molecule has 0 saturated carbocycles. The molecule has 0 unspecified atom stereocenters. The van der Waals surface area contributed by atoms with Crippen molar-refractivity contribution >= 4 is 35.3 Å². The SMILES string of the molecule is CNC(=O)CCCNC(=O)C1=CSCS1. The highest BCUT2D eigenvalue weighted by molar-refractivity contribution is 8.22. The molecule has 0 saturated heterocycles. The van der Waals surface area contributed by atoms with Gasteiger partial charge >= 0.3 is 0 Å². The van der Waals surface area contributed by atoms with Crippen molar-refractivity contribution in [1.29, 1.82) is 0 Å². The zero-order chi connectivity index (χ0) is 11.1. The van der Waals surface area contributed by atoms with E-state index in [-0.39, 0.29) is 11.8 Å². The van der Waals surface area contributed by atoms with Crippen molar-refractivity contribution in [2.45, 2.75) is 12.8 Å². The summed E-state index contributed by atoms with van der Waals surface area (Å²) >= 11 is 3.19. The van der Waals surface area contributed by atoms with Crippen molar-refractivity contribution in [3.8, 4) is 0 Å². The highest BCUT2D eigenvalue weighted by Crippen LogP contribution is 2.31. The molecule has 1 rings (SSSR count). The Morgan fingerprint density at radius 2 is 2.33 bits per heavy atom. The molecule has 1 aliphatic heterocycles. The van der Waals surface area contributed by atoms with Gasteiger partial charge in [-0.25, -0.2) is 0 Å². The molecular formula is C9H14N2O2S2. The van der Waals surface area contributed by atoms with Crippen molar-refractivity contribution in [1.82, 2.24) is 10.6 Å². The molecule has 0 aromatic heterocycles. The van der Waals surface area contributed by atoms with Crippen LogP contribution in [-0.2, 0) is 9.59 Å². The molecule has 0 aromatic carbocycles. The molecule has 0 aliphatic carbocycles. The van der Waals surface area contributed by atoms with Crippen molar-refractivity contribution in [3.63, 3.8) is 0 Å². The van der Waals surface area contributed by atoms with Crippen LogP contribution in [0.5, 0.6) is 0 Å². The van der Waals surface area contributed by atoms with E-state index in [0.717, 1.165) is 9.99 Å². The Balaban J connectivity index is 2.09. The number of thioether (sulfide) groups is 2. The Bertz CT molecular complexity index is 279. The van der Waals surface area contributed by atoms with Crippen LogP contribution in [0.15, 0.2) is 10.3 Å². The number of nitrogens with one attached hydrogen (secondary N) is 2. The summed E-state index contributed by atoms with van der Waals surface area (Å²) in [4.78, 5) is 23.1. The van der Waals surface area contributed by atoms with Gasteiger partial charge in [0.1, 0.15) is 0 Å². The smallest absolute Gasteiger partial charge is 0.258 e. The van der Waals surface area contributed by atoms with E-state index in [9.17, 15) is 9.59 Å². The maximum absolute atomic E-state index is 11.4. The molecule has 2 amide bonds. The van der Waals surface area contributed by atoms with Gasteiger partial charge in [-0.3, -0.25) is 9.59 Å². The lowest BCUT2D eigenvalue weighted by Crippen LogP contribution is -2.26. The first-order chi connectivity index (χ1) is 7.24. The van der Waals surface area contributed by atoms with Crippen LogP contribution in [-0.4, -0.2) is 30.5 Å². The van der Waals surface area contributed by atoms with Gasteiger partial charge in [0.25, 0.3) is 5.91 Å². The second-order valence-electron chi connectivity index (χ2n) is 2.94. The third-order valence-corrected chi connectivity index (χ3v) is 4.02. The van der Waals surface area contributed by atoms with Crippen LogP contribution in [0.3, 0.4) is 0 Å². The lowest BCUT2D eigenvalue weighted by molar-refractivity contribution is -0.121. The van der Waals surface area contributed by atoms with Crippen LogP contribution in [0, 0.1) is 0 Å². The maximum Gasteiger partial charge on any atom is 0.258 e. The number of carbonyl (C=O) groups excluding carboxylic acids is 2. The Kier molecular flexibility index (Phi) is 5.63. The highest BCUT2D eigenvalue weighted by Gasteiger charge is 2.13. The molecule has 1 aliphatic rings. The van der Waals surface area contributed by atoms with Crippen LogP contribution >= 0.6 is 23.5 Å². The normalized spacial score (nSPS) is 14.6. The number of amides is 2. The standard InChI is InChI=1S/C9H14N2O2S2/c1-10-8(12)3-2-4-11-9(13)7-5-14-6-15-7/h5H,2-4,6H2,1H3,(H,10,12)(H,11,13). The molecule has 0 spiro atoms.